The average molecular weight is 523 g/mol. The van der Waals surface area contributed by atoms with Crippen molar-refractivity contribution in [2.75, 3.05) is 16.2 Å². The highest BCUT2D eigenvalue weighted by atomic mass is 32.2. The molecule has 0 atom stereocenters. The lowest BCUT2D eigenvalue weighted by molar-refractivity contribution is 0.102. The zero-order chi connectivity index (χ0) is 26.3. The predicted octanol–water partition coefficient (Wildman–Crippen LogP) is 5.25. The summed E-state index contributed by atoms with van der Waals surface area (Å²) >= 11 is 1.41. The van der Waals surface area contributed by atoms with E-state index in [2.05, 4.69) is 44.4 Å². The van der Waals surface area contributed by atoms with E-state index in [-0.39, 0.29) is 22.5 Å². The second-order valence-corrected chi connectivity index (χ2v) is 12.9. The molecule has 0 spiro atoms. The van der Waals surface area contributed by atoms with Gasteiger partial charge in [-0.3, -0.25) is 9.10 Å². The summed E-state index contributed by atoms with van der Waals surface area (Å²) in [4.78, 5) is 14.2. The second-order valence-electron chi connectivity index (χ2n) is 10.0. The van der Waals surface area contributed by atoms with Crippen molar-refractivity contribution in [1.29, 1.82) is 5.26 Å². The summed E-state index contributed by atoms with van der Waals surface area (Å²) in [5.74, 6) is -0.394. The van der Waals surface area contributed by atoms with E-state index in [1.54, 1.807) is 31.2 Å². The third-order valence-corrected chi connectivity index (χ3v) is 9.61. The summed E-state index contributed by atoms with van der Waals surface area (Å²) in [6.07, 6.45) is 0.683. The van der Waals surface area contributed by atoms with Gasteiger partial charge in [-0.25, -0.2) is 8.42 Å². The number of carbonyl (C=O) groups is 1. The van der Waals surface area contributed by atoms with Gasteiger partial charge in [0.2, 0.25) is 0 Å². The molecule has 1 aromatic heterocycles. The molecular weight excluding hydrogens is 492 g/mol. The molecule has 0 saturated heterocycles. The molecule has 3 aromatic rings. The van der Waals surface area contributed by atoms with Gasteiger partial charge in [-0.1, -0.05) is 18.2 Å². The van der Waals surface area contributed by atoms with Crippen LogP contribution in [0.4, 0.5) is 10.7 Å². The first kappa shape index (κ1) is 25.9. The molecule has 7 nitrogen and oxygen atoms in total. The number of thiophene rings is 1. The van der Waals surface area contributed by atoms with Gasteiger partial charge < -0.3 is 10.6 Å². The largest absolute Gasteiger partial charge is 0.312 e. The Balaban J connectivity index is 1.60. The van der Waals surface area contributed by atoms with Gasteiger partial charge in [0.1, 0.15) is 11.1 Å². The number of nitriles is 1. The van der Waals surface area contributed by atoms with Crippen LogP contribution in [0.15, 0.2) is 59.5 Å². The Hall–Kier alpha value is -3.19. The Bertz CT molecular complexity index is 1430. The number of carbonyl (C=O) groups excluding carboxylic acids is 1. The van der Waals surface area contributed by atoms with E-state index < -0.39 is 15.9 Å². The van der Waals surface area contributed by atoms with Crippen LogP contribution in [0.1, 0.15) is 61.0 Å². The summed E-state index contributed by atoms with van der Waals surface area (Å²) in [6, 6.07) is 17.1. The maximum Gasteiger partial charge on any atom is 0.264 e. The first-order valence-corrected chi connectivity index (χ1v) is 14.0. The van der Waals surface area contributed by atoms with Crippen molar-refractivity contribution in [3.8, 4) is 6.07 Å². The van der Waals surface area contributed by atoms with Crippen LogP contribution in [0, 0.1) is 11.3 Å². The number of sulfonamides is 1. The first-order chi connectivity index (χ1) is 16.9. The van der Waals surface area contributed by atoms with E-state index >= 15 is 0 Å². The second kappa shape index (κ2) is 9.36. The van der Waals surface area contributed by atoms with Gasteiger partial charge in [-0.05, 0) is 83.0 Å². The van der Waals surface area contributed by atoms with Crippen molar-refractivity contribution in [2.24, 2.45) is 0 Å². The minimum Gasteiger partial charge on any atom is -0.312 e. The van der Waals surface area contributed by atoms with Crippen LogP contribution < -0.4 is 14.9 Å². The fraction of sp³-hybridized carbons (Fsp3) is 0.333. The van der Waals surface area contributed by atoms with E-state index in [1.807, 2.05) is 6.07 Å². The Morgan fingerprint density at radius 1 is 1.11 bits per heavy atom. The predicted molar refractivity (Wildman–Crippen MR) is 144 cm³/mol. The molecule has 0 aliphatic carbocycles. The maximum atomic E-state index is 13.2. The quantitative estimate of drug-likeness (QED) is 0.461. The fourth-order valence-corrected chi connectivity index (χ4v) is 7.60. The number of amides is 1. The van der Waals surface area contributed by atoms with Crippen LogP contribution in [0.3, 0.4) is 0 Å². The third-order valence-electron chi connectivity index (χ3n) is 6.22. The number of anilines is 2. The molecule has 4 rings (SSSR count). The lowest BCUT2D eigenvalue weighted by Gasteiger charge is -2.42. The van der Waals surface area contributed by atoms with Gasteiger partial charge in [0.15, 0.2) is 0 Å². The summed E-state index contributed by atoms with van der Waals surface area (Å²) in [5.41, 5.74) is 1.83. The van der Waals surface area contributed by atoms with Gasteiger partial charge >= 0.3 is 0 Å². The van der Waals surface area contributed by atoms with Crippen LogP contribution >= 0.6 is 11.3 Å². The van der Waals surface area contributed by atoms with Crippen molar-refractivity contribution in [3.05, 3.63) is 76.2 Å². The molecule has 0 unspecified atom stereocenters. The van der Waals surface area contributed by atoms with Crippen LogP contribution in [0.2, 0.25) is 0 Å². The van der Waals surface area contributed by atoms with Crippen LogP contribution in [-0.4, -0.2) is 26.4 Å². The number of nitrogens with one attached hydrogen (secondary N) is 2. The van der Waals surface area contributed by atoms with Crippen molar-refractivity contribution in [3.63, 3.8) is 0 Å². The Morgan fingerprint density at radius 2 is 1.75 bits per heavy atom. The molecule has 1 amide bonds. The number of rotatable bonds is 6. The van der Waals surface area contributed by atoms with Crippen molar-refractivity contribution in [2.45, 2.75) is 57.0 Å². The lowest BCUT2D eigenvalue weighted by atomic mass is 9.81. The summed E-state index contributed by atoms with van der Waals surface area (Å²) in [5, 5.41) is 16.9. The van der Waals surface area contributed by atoms with Crippen molar-refractivity contribution < 1.29 is 13.2 Å². The molecule has 36 heavy (non-hydrogen) atoms. The van der Waals surface area contributed by atoms with Crippen molar-refractivity contribution >= 4 is 38.0 Å². The SMILES string of the molecule is CCN(c1ccccc1)S(=O)(=O)c1ccc(C(=O)Nc2sc3c(c2C#N)CC(C)(C)NC3(C)C)cc1. The average Bonchev–Trinajstić information content (AvgIpc) is 3.16. The Kier molecular flexibility index (Phi) is 6.73. The molecule has 0 fully saturated rings. The lowest BCUT2D eigenvalue weighted by Crippen LogP contribution is -2.54. The van der Waals surface area contributed by atoms with Crippen LogP contribution in [0.25, 0.3) is 0 Å². The molecular formula is C27H30N4O3S2. The third kappa shape index (κ3) is 4.76. The Labute approximate surface area is 216 Å². The highest BCUT2D eigenvalue weighted by Gasteiger charge is 2.40. The zero-order valence-electron chi connectivity index (χ0n) is 21.0. The van der Waals surface area contributed by atoms with Gasteiger partial charge in [-0.15, -0.1) is 11.3 Å². The smallest absolute Gasteiger partial charge is 0.264 e. The monoisotopic (exact) mass is 522 g/mol. The number of para-hydroxylation sites is 1. The number of benzene rings is 2. The Morgan fingerprint density at radius 3 is 2.33 bits per heavy atom. The molecule has 0 radical (unpaired) electrons. The highest BCUT2D eigenvalue weighted by molar-refractivity contribution is 7.92. The standard InChI is InChI=1S/C27H30N4O3S2/c1-6-31(19-10-8-7-9-11-19)36(33,34)20-14-12-18(13-15-20)24(32)29-25-22(17-28)21-16-26(2,3)30-27(4,5)23(21)35-25/h7-15,30H,6,16H2,1-5H3,(H,29,32). The van der Waals surface area contributed by atoms with Gasteiger partial charge in [0.05, 0.1) is 16.1 Å². The molecule has 188 valence electrons. The molecule has 1 aliphatic rings. The van der Waals surface area contributed by atoms with Gasteiger partial charge in [0, 0.05) is 28.1 Å². The molecule has 2 aromatic carbocycles. The molecule has 2 heterocycles. The van der Waals surface area contributed by atoms with Crippen molar-refractivity contribution in [1.82, 2.24) is 5.32 Å². The summed E-state index contributed by atoms with van der Waals surface area (Å²) in [7, 11) is -3.79. The minimum atomic E-state index is -3.79. The van der Waals surface area contributed by atoms with E-state index in [0.717, 1.165) is 10.4 Å². The van der Waals surface area contributed by atoms with Crippen LogP contribution in [0.5, 0.6) is 0 Å². The zero-order valence-corrected chi connectivity index (χ0v) is 22.7. The number of hydrogen-bond donors (Lipinski definition) is 2. The summed E-state index contributed by atoms with van der Waals surface area (Å²) in [6.45, 7) is 10.4. The van der Waals surface area contributed by atoms with E-state index in [9.17, 15) is 18.5 Å². The first-order valence-electron chi connectivity index (χ1n) is 11.7. The topological polar surface area (TPSA) is 102 Å². The molecule has 0 bridgehead atoms. The minimum absolute atomic E-state index is 0.101. The number of fused-ring (bicyclic) bond motifs is 1. The van der Waals surface area contributed by atoms with E-state index in [1.165, 1.54) is 39.9 Å². The van der Waals surface area contributed by atoms with E-state index in [0.29, 0.717) is 28.2 Å². The van der Waals surface area contributed by atoms with E-state index in [4.69, 9.17) is 0 Å². The molecule has 9 heteroatoms. The highest BCUT2D eigenvalue weighted by Crippen LogP contribution is 2.44. The molecule has 0 saturated carbocycles. The normalized spacial score (nSPS) is 16.0. The molecule has 1 aliphatic heterocycles. The van der Waals surface area contributed by atoms with Gasteiger partial charge in [0.25, 0.3) is 15.9 Å². The van der Waals surface area contributed by atoms with Gasteiger partial charge in [-0.2, -0.15) is 5.26 Å². The number of nitrogens with zero attached hydrogens (tertiary/aromatic N) is 2. The fourth-order valence-electron chi connectivity index (χ4n) is 4.90. The number of hydrogen-bond acceptors (Lipinski definition) is 6. The molecule has 2 N–H and O–H groups in total. The van der Waals surface area contributed by atoms with Crippen LogP contribution in [-0.2, 0) is 22.0 Å². The maximum absolute atomic E-state index is 13.2. The summed E-state index contributed by atoms with van der Waals surface area (Å²) < 4.78 is 27.8.